The molecule has 33 heavy (non-hydrogen) atoms. The molecule has 0 atom stereocenters. The second-order valence-electron chi connectivity index (χ2n) is 7.72. The number of benzene rings is 1. The van der Waals surface area contributed by atoms with Gasteiger partial charge in [0.2, 0.25) is 15.9 Å². The fraction of sp³-hybridized carbons (Fsp3) is 0.200. The van der Waals surface area contributed by atoms with Crippen molar-refractivity contribution in [3.8, 4) is 5.88 Å². The molecule has 1 fully saturated rings. The second kappa shape index (κ2) is 7.86. The van der Waals surface area contributed by atoms with E-state index in [1.807, 2.05) is 0 Å². The Morgan fingerprint density at radius 3 is 2.67 bits per heavy atom. The van der Waals surface area contributed by atoms with E-state index in [1.165, 1.54) is 12.1 Å². The lowest BCUT2D eigenvalue weighted by Crippen LogP contribution is -2.20. The van der Waals surface area contributed by atoms with Crippen molar-refractivity contribution in [2.24, 2.45) is 10.1 Å². The van der Waals surface area contributed by atoms with Crippen LogP contribution in [0.15, 0.2) is 51.2 Å². The van der Waals surface area contributed by atoms with Gasteiger partial charge < -0.3 is 15.4 Å². The number of H-pyrrole nitrogens is 2. The average Bonchev–Trinajstić information content (AvgIpc) is 3.40. The van der Waals surface area contributed by atoms with E-state index in [4.69, 9.17) is 10.1 Å². The Morgan fingerprint density at radius 1 is 1.27 bits per heavy atom. The zero-order valence-electron chi connectivity index (χ0n) is 17.2. The molecule has 1 aliphatic carbocycles. The topological polar surface area (TPSA) is 184 Å². The monoisotopic (exact) mass is 468 g/mol. The lowest BCUT2D eigenvalue weighted by atomic mass is 10.2. The van der Waals surface area contributed by atoms with E-state index in [2.05, 4.69) is 25.4 Å². The third-order valence-electron chi connectivity index (χ3n) is 5.10. The predicted octanol–water partition coefficient (Wildman–Crippen LogP) is -0.678. The van der Waals surface area contributed by atoms with E-state index in [-0.39, 0.29) is 22.5 Å². The van der Waals surface area contributed by atoms with Crippen LogP contribution in [0, 0.1) is 0 Å². The van der Waals surface area contributed by atoms with Crippen molar-refractivity contribution in [3.63, 3.8) is 0 Å². The molecule has 3 heterocycles. The lowest BCUT2D eigenvalue weighted by Gasteiger charge is -2.07. The molecular weight excluding hydrogens is 448 g/mol. The van der Waals surface area contributed by atoms with Crippen molar-refractivity contribution >= 4 is 27.6 Å². The summed E-state index contributed by atoms with van der Waals surface area (Å²) in [6, 6.07) is 8.27. The van der Waals surface area contributed by atoms with Crippen LogP contribution in [0.1, 0.15) is 24.1 Å². The van der Waals surface area contributed by atoms with E-state index in [9.17, 15) is 18.3 Å². The van der Waals surface area contributed by atoms with Gasteiger partial charge in [-0.15, -0.1) is 0 Å². The minimum Gasteiger partial charge on any atom is -0.493 e. The Kier molecular flexibility index (Phi) is 4.98. The predicted molar refractivity (Wildman–Crippen MR) is 119 cm³/mol. The van der Waals surface area contributed by atoms with Crippen LogP contribution in [0.25, 0.3) is 11.7 Å². The van der Waals surface area contributed by atoms with Crippen molar-refractivity contribution in [3.05, 3.63) is 69.0 Å². The lowest BCUT2D eigenvalue weighted by molar-refractivity contribution is 0.454. The normalized spacial score (nSPS) is 15.4. The Morgan fingerprint density at radius 2 is 2.03 bits per heavy atom. The third kappa shape index (κ3) is 4.49. The van der Waals surface area contributed by atoms with Gasteiger partial charge in [0.1, 0.15) is 11.5 Å². The molecule has 13 heteroatoms. The molecule has 4 aromatic rings. The smallest absolute Gasteiger partial charge is 0.326 e. The molecule has 12 nitrogen and oxygen atoms in total. The van der Waals surface area contributed by atoms with Crippen molar-refractivity contribution < 1.29 is 13.5 Å². The highest BCUT2D eigenvalue weighted by atomic mass is 32.2. The number of nitrogens with zero attached hydrogens (tertiary/aromatic N) is 4. The number of aromatic amines is 2. The van der Waals surface area contributed by atoms with Crippen LogP contribution in [0.2, 0.25) is 0 Å². The molecular formula is C20H20N8O4S. The van der Waals surface area contributed by atoms with Crippen molar-refractivity contribution in [2.45, 2.75) is 30.3 Å². The minimum absolute atomic E-state index is 0.0433. The Bertz CT molecular complexity index is 1630. The number of hydrogen-bond acceptors (Lipinski definition) is 8. The molecule has 0 spiro atoms. The molecule has 6 N–H and O–H groups in total. The van der Waals surface area contributed by atoms with Crippen molar-refractivity contribution in [1.29, 1.82) is 0 Å². The summed E-state index contributed by atoms with van der Waals surface area (Å²) >= 11 is 0. The van der Waals surface area contributed by atoms with Crippen LogP contribution in [-0.2, 0) is 16.6 Å². The first-order valence-electron chi connectivity index (χ1n) is 10.1. The summed E-state index contributed by atoms with van der Waals surface area (Å²) in [5.41, 5.74) is 1.64. The molecule has 1 aliphatic rings. The van der Waals surface area contributed by atoms with Gasteiger partial charge in [0.25, 0.3) is 0 Å². The highest BCUT2D eigenvalue weighted by molar-refractivity contribution is 7.89. The van der Waals surface area contributed by atoms with Gasteiger partial charge in [-0.25, -0.2) is 23.3 Å². The molecule has 1 saturated carbocycles. The highest BCUT2D eigenvalue weighted by Crippen LogP contribution is 2.22. The molecule has 0 saturated heterocycles. The Hall–Kier alpha value is -3.97. The van der Waals surface area contributed by atoms with Gasteiger partial charge in [0.15, 0.2) is 11.1 Å². The number of nitrogens with one attached hydrogen (secondary N) is 3. The minimum atomic E-state index is -3.75. The standard InChI is InChI=1S/C20H20N8O4S/c21-33(31,32)14-5-1-11(2-6-14)9-22-16-8-17(24-13-3-4-13)28-18(26-16)12(10-23-28)7-15-19(29)27-20(30)25-15/h1-2,5-8,10,13,22,29H,3-4,9H2,(H2,21,31,32)(H2,25,27,30). The van der Waals surface area contributed by atoms with E-state index in [0.717, 1.165) is 18.4 Å². The van der Waals surface area contributed by atoms with Crippen molar-refractivity contribution in [1.82, 2.24) is 24.6 Å². The van der Waals surface area contributed by atoms with E-state index in [0.29, 0.717) is 28.7 Å². The summed E-state index contributed by atoms with van der Waals surface area (Å²) in [7, 11) is -3.75. The summed E-state index contributed by atoms with van der Waals surface area (Å²) < 4.78 is 24.5. The van der Waals surface area contributed by atoms with Crippen LogP contribution in [0.4, 0.5) is 5.82 Å². The highest BCUT2D eigenvalue weighted by Gasteiger charge is 2.20. The van der Waals surface area contributed by atoms with Gasteiger partial charge in [-0.2, -0.15) is 9.61 Å². The first kappa shape index (κ1) is 20.9. The fourth-order valence-electron chi connectivity index (χ4n) is 3.28. The number of rotatable bonds is 6. The first-order valence-corrected chi connectivity index (χ1v) is 11.6. The largest absolute Gasteiger partial charge is 0.493 e. The number of sulfonamides is 1. The number of imidazole rings is 1. The summed E-state index contributed by atoms with van der Waals surface area (Å²) in [5.74, 6) is 0.263. The van der Waals surface area contributed by atoms with Gasteiger partial charge >= 0.3 is 5.69 Å². The fourth-order valence-corrected chi connectivity index (χ4v) is 3.79. The maximum Gasteiger partial charge on any atom is 0.326 e. The average molecular weight is 468 g/mol. The summed E-state index contributed by atoms with van der Waals surface area (Å²) in [4.78, 5) is 25.6. The van der Waals surface area contributed by atoms with Gasteiger partial charge in [0, 0.05) is 17.8 Å². The first-order chi connectivity index (χ1) is 15.8. The number of fused-ring (bicyclic) bond motifs is 1. The van der Waals surface area contributed by atoms with Crippen LogP contribution in [-0.4, -0.2) is 44.1 Å². The number of aromatic nitrogens is 5. The molecule has 170 valence electrons. The Labute approximate surface area is 186 Å². The SMILES string of the molecule is NS(=O)(=O)c1ccc(CNc2cc(=NC3CC3)n3ncc(=Cc4[nH]c(=O)[nH]c4O)c3n2)cc1. The summed E-state index contributed by atoms with van der Waals surface area (Å²) in [6.45, 7) is 0.385. The maximum atomic E-state index is 11.4. The van der Waals surface area contributed by atoms with E-state index in [1.54, 1.807) is 35.0 Å². The third-order valence-corrected chi connectivity index (χ3v) is 6.03. The van der Waals surface area contributed by atoms with Crippen LogP contribution >= 0.6 is 0 Å². The van der Waals surface area contributed by atoms with Gasteiger partial charge in [-0.3, -0.25) is 9.98 Å². The zero-order valence-corrected chi connectivity index (χ0v) is 18.0. The zero-order chi connectivity index (χ0) is 23.2. The van der Waals surface area contributed by atoms with Crippen LogP contribution < -0.4 is 26.9 Å². The molecule has 0 unspecified atom stereocenters. The number of aromatic hydroxyl groups is 1. The molecule has 1 aromatic carbocycles. The number of nitrogens with two attached hydrogens (primary N) is 1. The van der Waals surface area contributed by atoms with Crippen molar-refractivity contribution in [2.75, 3.05) is 5.32 Å². The summed E-state index contributed by atoms with van der Waals surface area (Å²) in [6.07, 6.45) is 5.18. The number of anilines is 1. The van der Waals surface area contributed by atoms with E-state index >= 15 is 0 Å². The van der Waals surface area contributed by atoms with Crippen LogP contribution in [0.5, 0.6) is 5.88 Å². The molecule has 5 rings (SSSR count). The molecule has 0 amide bonds. The number of hydrogen-bond donors (Lipinski definition) is 5. The van der Waals surface area contributed by atoms with E-state index < -0.39 is 15.7 Å². The molecule has 0 aliphatic heterocycles. The van der Waals surface area contributed by atoms with Gasteiger partial charge in [-0.05, 0) is 36.6 Å². The molecule has 0 radical (unpaired) electrons. The number of primary sulfonamides is 1. The van der Waals surface area contributed by atoms with Crippen LogP contribution in [0.3, 0.4) is 0 Å². The quantitative estimate of drug-likeness (QED) is 0.248. The summed E-state index contributed by atoms with van der Waals surface area (Å²) in [5, 5.41) is 23.2. The maximum absolute atomic E-state index is 11.4. The Balaban J connectivity index is 1.52. The second-order valence-corrected chi connectivity index (χ2v) is 9.28. The van der Waals surface area contributed by atoms with Gasteiger partial charge in [-0.1, -0.05) is 12.1 Å². The van der Waals surface area contributed by atoms with Gasteiger partial charge in [0.05, 0.1) is 17.1 Å². The molecule has 3 aromatic heterocycles. The molecule has 0 bridgehead atoms.